The van der Waals surface area contributed by atoms with Gasteiger partial charge < -0.3 is 19.9 Å². The summed E-state index contributed by atoms with van der Waals surface area (Å²) in [6, 6.07) is 8.17. The summed E-state index contributed by atoms with van der Waals surface area (Å²) in [5.41, 5.74) is 2.22. The maximum atomic E-state index is 5.80. The monoisotopic (exact) mass is 375 g/mol. The fourth-order valence-electron chi connectivity index (χ4n) is 2.46. The number of hydrogen-bond donors (Lipinski definition) is 1. The number of guanidine groups is 1. The highest BCUT2D eigenvalue weighted by Crippen LogP contribution is 2.14. The molecule has 0 aliphatic rings. The van der Waals surface area contributed by atoms with Crippen LogP contribution in [0.2, 0.25) is 0 Å². The van der Waals surface area contributed by atoms with Gasteiger partial charge in [-0.15, -0.1) is 11.3 Å². The van der Waals surface area contributed by atoms with Gasteiger partial charge in [0.2, 0.25) is 0 Å². The summed E-state index contributed by atoms with van der Waals surface area (Å²) in [6.45, 7) is 5.03. The lowest BCUT2D eigenvalue weighted by atomic mass is 10.2. The highest BCUT2D eigenvalue weighted by Gasteiger charge is 2.09. The molecule has 26 heavy (non-hydrogen) atoms. The smallest absolute Gasteiger partial charge is 0.194 e. The number of nitrogens with one attached hydrogen (secondary N) is 1. The third-order valence-corrected chi connectivity index (χ3v) is 4.62. The van der Waals surface area contributed by atoms with Crippen LogP contribution >= 0.6 is 11.3 Å². The molecule has 0 fully saturated rings. The van der Waals surface area contributed by atoms with Crippen LogP contribution in [0, 0.1) is 6.92 Å². The number of hydrogen-bond acceptors (Lipinski definition) is 5. The molecule has 2 rings (SSSR count). The maximum Gasteiger partial charge on any atom is 0.194 e. The Morgan fingerprint density at radius 3 is 2.77 bits per heavy atom. The molecular formula is C19H29N5OS. The van der Waals surface area contributed by atoms with Crippen LogP contribution in [0.3, 0.4) is 0 Å². The van der Waals surface area contributed by atoms with E-state index in [9.17, 15) is 0 Å². The van der Waals surface area contributed by atoms with E-state index >= 15 is 0 Å². The van der Waals surface area contributed by atoms with E-state index < -0.39 is 0 Å². The first kappa shape index (κ1) is 20.2. The Kier molecular flexibility index (Phi) is 7.87. The molecule has 0 saturated heterocycles. The van der Waals surface area contributed by atoms with Gasteiger partial charge in [-0.3, -0.25) is 4.99 Å². The van der Waals surface area contributed by atoms with Crippen molar-refractivity contribution in [1.82, 2.24) is 20.1 Å². The molecule has 1 N–H and O–H groups in total. The maximum absolute atomic E-state index is 5.80. The fraction of sp³-hybridized carbons (Fsp3) is 0.474. The number of ether oxygens (including phenoxy) is 1. The second kappa shape index (κ2) is 10.1. The van der Waals surface area contributed by atoms with Crippen LogP contribution in [-0.2, 0) is 13.1 Å². The van der Waals surface area contributed by atoms with Gasteiger partial charge in [-0.05, 0) is 38.7 Å². The average Bonchev–Trinajstić information content (AvgIpc) is 3.00. The first-order valence-corrected chi connectivity index (χ1v) is 9.55. The topological polar surface area (TPSA) is 53.0 Å². The van der Waals surface area contributed by atoms with Gasteiger partial charge in [-0.25, -0.2) is 4.98 Å². The van der Waals surface area contributed by atoms with E-state index in [1.165, 1.54) is 0 Å². The van der Waals surface area contributed by atoms with Gasteiger partial charge in [0.15, 0.2) is 5.96 Å². The van der Waals surface area contributed by atoms with E-state index in [0.717, 1.165) is 41.1 Å². The minimum absolute atomic E-state index is 0.682. The van der Waals surface area contributed by atoms with Crippen LogP contribution in [0.5, 0.6) is 5.75 Å². The average molecular weight is 376 g/mol. The van der Waals surface area contributed by atoms with Crippen molar-refractivity contribution in [2.24, 2.45) is 4.99 Å². The second-order valence-electron chi connectivity index (χ2n) is 6.41. The van der Waals surface area contributed by atoms with Crippen molar-refractivity contribution in [2.75, 3.05) is 41.3 Å². The quantitative estimate of drug-likeness (QED) is 0.568. The van der Waals surface area contributed by atoms with E-state index in [1.54, 1.807) is 18.4 Å². The van der Waals surface area contributed by atoms with Crippen molar-refractivity contribution in [3.05, 3.63) is 45.9 Å². The molecule has 7 heteroatoms. The molecule has 0 atom stereocenters. The fourth-order valence-corrected chi connectivity index (χ4v) is 3.06. The first-order chi connectivity index (χ1) is 12.5. The van der Waals surface area contributed by atoms with Gasteiger partial charge in [-0.2, -0.15) is 0 Å². The highest BCUT2D eigenvalue weighted by atomic mass is 32.1. The van der Waals surface area contributed by atoms with Gasteiger partial charge in [0.1, 0.15) is 12.4 Å². The Hall–Kier alpha value is -2.12. The van der Waals surface area contributed by atoms with Crippen LogP contribution in [0.1, 0.15) is 16.3 Å². The number of likely N-dealkylation sites (N-methyl/N-ethyl adjacent to an activating group) is 1. The zero-order chi connectivity index (χ0) is 18.9. The minimum Gasteiger partial charge on any atom is -0.492 e. The third-order valence-electron chi connectivity index (χ3n) is 3.80. The lowest BCUT2D eigenvalue weighted by Crippen LogP contribution is -2.38. The summed E-state index contributed by atoms with van der Waals surface area (Å²) in [5, 5.41) is 6.58. The van der Waals surface area contributed by atoms with E-state index in [0.29, 0.717) is 13.2 Å². The lowest BCUT2D eigenvalue weighted by molar-refractivity contribution is 0.261. The lowest BCUT2D eigenvalue weighted by Gasteiger charge is -2.21. The van der Waals surface area contributed by atoms with Gasteiger partial charge in [-0.1, -0.05) is 12.1 Å². The number of thiazole rings is 1. The number of benzene rings is 1. The molecule has 2 aromatic rings. The van der Waals surface area contributed by atoms with Crippen LogP contribution < -0.4 is 10.1 Å². The van der Waals surface area contributed by atoms with Crippen molar-refractivity contribution < 1.29 is 4.74 Å². The number of aryl methyl sites for hydroxylation is 1. The third kappa shape index (κ3) is 6.65. The van der Waals surface area contributed by atoms with Crippen molar-refractivity contribution in [3.8, 4) is 5.75 Å². The minimum atomic E-state index is 0.682. The zero-order valence-electron chi connectivity index (χ0n) is 16.3. The molecule has 1 heterocycles. The van der Waals surface area contributed by atoms with Gasteiger partial charge in [0, 0.05) is 32.6 Å². The van der Waals surface area contributed by atoms with E-state index in [2.05, 4.69) is 42.6 Å². The molecule has 0 amide bonds. The summed E-state index contributed by atoms with van der Waals surface area (Å²) >= 11 is 1.67. The summed E-state index contributed by atoms with van der Waals surface area (Å²) in [5.74, 6) is 1.74. The second-order valence-corrected chi connectivity index (χ2v) is 7.48. The van der Waals surface area contributed by atoms with Crippen molar-refractivity contribution in [1.29, 1.82) is 0 Å². The predicted molar refractivity (Wildman–Crippen MR) is 109 cm³/mol. The molecule has 142 valence electrons. The summed E-state index contributed by atoms with van der Waals surface area (Å²) in [7, 11) is 7.90. The van der Waals surface area contributed by atoms with E-state index in [-0.39, 0.29) is 0 Å². The molecule has 0 bridgehead atoms. The first-order valence-electron chi connectivity index (χ1n) is 8.67. The Bertz CT molecular complexity index is 713. The molecule has 1 aromatic carbocycles. The van der Waals surface area contributed by atoms with Crippen molar-refractivity contribution >= 4 is 17.3 Å². The Morgan fingerprint density at radius 2 is 2.12 bits per heavy atom. The Balaban J connectivity index is 1.87. The zero-order valence-corrected chi connectivity index (χ0v) is 17.1. The Labute approximate surface area is 160 Å². The molecule has 0 aliphatic carbocycles. The predicted octanol–water partition coefficient (Wildman–Crippen LogP) is 2.60. The molecule has 0 spiro atoms. The SMILES string of the molecule is CN=C(NCc1cccc(OCCN(C)C)c1)N(C)Cc1csc(C)n1. The van der Waals surface area contributed by atoms with Gasteiger partial charge in [0.25, 0.3) is 0 Å². The molecular weight excluding hydrogens is 346 g/mol. The number of nitrogens with zero attached hydrogens (tertiary/aromatic N) is 4. The highest BCUT2D eigenvalue weighted by molar-refractivity contribution is 7.09. The molecule has 0 unspecified atom stereocenters. The largest absolute Gasteiger partial charge is 0.492 e. The normalized spacial score (nSPS) is 11.7. The summed E-state index contributed by atoms with van der Waals surface area (Å²) < 4.78 is 5.80. The van der Waals surface area contributed by atoms with Crippen LogP contribution in [-0.4, -0.2) is 62.1 Å². The molecule has 0 saturated carbocycles. The number of rotatable bonds is 8. The van der Waals surface area contributed by atoms with Crippen molar-refractivity contribution in [2.45, 2.75) is 20.0 Å². The number of aromatic nitrogens is 1. The van der Waals surface area contributed by atoms with Gasteiger partial charge in [0.05, 0.1) is 17.2 Å². The molecule has 1 aromatic heterocycles. The van der Waals surface area contributed by atoms with Crippen molar-refractivity contribution in [3.63, 3.8) is 0 Å². The van der Waals surface area contributed by atoms with Crippen LogP contribution in [0.15, 0.2) is 34.6 Å². The molecule has 0 radical (unpaired) electrons. The number of aliphatic imine (C=N–C) groups is 1. The van der Waals surface area contributed by atoms with E-state index in [1.807, 2.05) is 40.2 Å². The van der Waals surface area contributed by atoms with Crippen LogP contribution in [0.25, 0.3) is 0 Å². The van der Waals surface area contributed by atoms with Crippen LogP contribution in [0.4, 0.5) is 0 Å². The molecule has 0 aliphatic heterocycles. The van der Waals surface area contributed by atoms with Gasteiger partial charge >= 0.3 is 0 Å². The Morgan fingerprint density at radius 1 is 1.31 bits per heavy atom. The standard InChI is InChI=1S/C19H29N5OS/c1-15-22-17(14-26-15)13-24(5)19(20-2)21-12-16-7-6-8-18(11-16)25-10-9-23(3)4/h6-8,11,14H,9-10,12-13H2,1-5H3,(H,20,21). The summed E-state index contributed by atoms with van der Waals surface area (Å²) in [4.78, 5) is 13.1. The molecule has 6 nitrogen and oxygen atoms in total. The summed E-state index contributed by atoms with van der Waals surface area (Å²) in [6.07, 6.45) is 0. The van der Waals surface area contributed by atoms with E-state index in [4.69, 9.17) is 4.74 Å².